The van der Waals surface area contributed by atoms with Gasteiger partial charge in [0.1, 0.15) is 0 Å². The van der Waals surface area contributed by atoms with Crippen molar-refractivity contribution >= 4 is 28.3 Å². The summed E-state index contributed by atoms with van der Waals surface area (Å²) in [6.45, 7) is 4.78. The molecular formula is C29H33N3O2. The molecule has 1 saturated heterocycles. The van der Waals surface area contributed by atoms with E-state index in [1.807, 2.05) is 24.3 Å². The summed E-state index contributed by atoms with van der Waals surface area (Å²) in [5, 5.41) is 3.80. The summed E-state index contributed by atoms with van der Waals surface area (Å²) in [6.07, 6.45) is 6.07. The maximum atomic E-state index is 13.6. The fraction of sp³-hybridized carbons (Fsp3) is 0.414. The highest BCUT2D eigenvalue weighted by atomic mass is 16.1. The van der Waals surface area contributed by atoms with Gasteiger partial charge in [-0.05, 0) is 69.2 Å². The molecule has 1 aliphatic heterocycles. The third kappa shape index (κ3) is 4.90. The van der Waals surface area contributed by atoms with Crippen LogP contribution in [-0.2, 0) is 17.8 Å². The number of amides is 1. The molecule has 5 heteroatoms. The molecule has 0 saturated carbocycles. The number of rotatable bonds is 6. The van der Waals surface area contributed by atoms with Crippen molar-refractivity contribution in [3.05, 3.63) is 71.4 Å². The van der Waals surface area contributed by atoms with E-state index in [0.29, 0.717) is 17.2 Å². The van der Waals surface area contributed by atoms with E-state index in [2.05, 4.69) is 40.5 Å². The van der Waals surface area contributed by atoms with Crippen LogP contribution in [0.4, 0.5) is 5.69 Å². The predicted molar refractivity (Wildman–Crippen MR) is 136 cm³/mol. The molecule has 1 fully saturated rings. The molecule has 0 bridgehead atoms. The number of aryl methyl sites for hydroxylation is 1. The summed E-state index contributed by atoms with van der Waals surface area (Å²) in [4.78, 5) is 32.9. The Morgan fingerprint density at radius 2 is 1.74 bits per heavy atom. The number of likely N-dealkylation sites (tertiary alicyclic amines) is 1. The van der Waals surface area contributed by atoms with Gasteiger partial charge in [-0.3, -0.25) is 19.5 Å². The monoisotopic (exact) mass is 455 g/mol. The van der Waals surface area contributed by atoms with Gasteiger partial charge in [-0.25, -0.2) is 0 Å². The molecule has 2 aromatic carbocycles. The van der Waals surface area contributed by atoms with Crippen molar-refractivity contribution < 1.29 is 9.59 Å². The number of anilines is 1. The van der Waals surface area contributed by atoms with Gasteiger partial charge in [-0.1, -0.05) is 48.5 Å². The Morgan fingerprint density at radius 3 is 2.50 bits per heavy atom. The highest BCUT2D eigenvalue weighted by Crippen LogP contribution is 2.37. The van der Waals surface area contributed by atoms with Crippen molar-refractivity contribution in [3.63, 3.8) is 0 Å². The van der Waals surface area contributed by atoms with Crippen LogP contribution in [0.25, 0.3) is 10.9 Å². The van der Waals surface area contributed by atoms with Gasteiger partial charge in [0.05, 0.1) is 22.5 Å². The van der Waals surface area contributed by atoms with Crippen LogP contribution in [0.1, 0.15) is 60.6 Å². The van der Waals surface area contributed by atoms with E-state index in [-0.39, 0.29) is 17.6 Å². The number of aromatic nitrogens is 1. The molecule has 176 valence electrons. The van der Waals surface area contributed by atoms with E-state index in [1.165, 1.54) is 25.3 Å². The zero-order chi connectivity index (χ0) is 23.5. The molecule has 2 heterocycles. The molecule has 5 rings (SSSR count). The molecule has 5 nitrogen and oxygen atoms in total. The highest BCUT2D eigenvalue weighted by Gasteiger charge is 2.33. The number of para-hydroxylation sites is 1. The molecule has 1 atom stereocenters. The van der Waals surface area contributed by atoms with Crippen LogP contribution >= 0.6 is 0 Å². The summed E-state index contributed by atoms with van der Waals surface area (Å²) in [6, 6.07) is 18.4. The standard InChI is InChI=1S/C29H33N3O2/c1-20(33)30-28-24-9-5-6-10-25(24)31-26-14-13-23(29(34)27(26)28)12-11-21-15-17-32(18-16-21)19-22-7-3-2-4-8-22/h2-10,21,23H,11-19H2,1H3,(H,30,31,33). The van der Waals surface area contributed by atoms with Crippen molar-refractivity contribution in [2.24, 2.45) is 11.8 Å². The summed E-state index contributed by atoms with van der Waals surface area (Å²) in [7, 11) is 0. The van der Waals surface area contributed by atoms with Crippen LogP contribution in [0.3, 0.4) is 0 Å². The number of nitrogens with zero attached hydrogens (tertiary/aromatic N) is 2. The Hall–Kier alpha value is -3.05. The van der Waals surface area contributed by atoms with Crippen molar-refractivity contribution in [2.75, 3.05) is 18.4 Å². The van der Waals surface area contributed by atoms with Gasteiger partial charge in [-0.2, -0.15) is 0 Å². The number of carbonyl (C=O) groups excluding carboxylic acids is 2. The van der Waals surface area contributed by atoms with E-state index >= 15 is 0 Å². The Labute approximate surface area is 201 Å². The number of ketones is 1. The second-order valence-electron chi connectivity index (χ2n) is 9.89. The molecule has 0 radical (unpaired) electrons. The van der Waals surface area contributed by atoms with Crippen molar-refractivity contribution in [2.45, 2.75) is 52.0 Å². The van der Waals surface area contributed by atoms with Crippen LogP contribution < -0.4 is 5.32 Å². The van der Waals surface area contributed by atoms with Gasteiger partial charge in [0.25, 0.3) is 0 Å². The second kappa shape index (κ2) is 10.1. The molecule has 1 N–H and O–H groups in total. The number of piperidine rings is 1. The summed E-state index contributed by atoms with van der Waals surface area (Å²) >= 11 is 0. The third-order valence-corrected chi connectivity index (χ3v) is 7.49. The van der Waals surface area contributed by atoms with Gasteiger partial charge in [0.2, 0.25) is 5.91 Å². The Bertz CT molecular complexity index is 1180. The number of benzene rings is 2. The highest BCUT2D eigenvalue weighted by molar-refractivity contribution is 6.13. The van der Waals surface area contributed by atoms with Crippen molar-refractivity contribution in [1.29, 1.82) is 0 Å². The number of hydrogen-bond donors (Lipinski definition) is 1. The summed E-state index contributed by atoms with van der Waals surface area (Å²) in [5.74, 6) is 0.705. The van der Waals surface area contributed by atoms with Gasteiger partial charge < -0.3 is 5.32 Å². The zero-order valence-corrected chi connectivity index (χ0v) is 19.9. The SMILES string of the molecule is CC(=O)Nc1c2c(nc3ccccc13)CCC(CCC1CCN(Cc3ccccc3)CC1)C2=O. The first-order chi connectivity index (χ1) is 16.6. The Kier molecular flexibility index (Phi) is 6.73. The first kappa shape index (κ1) is 22.7. The normalized spacial score (nSPS) is 19.2. The topological polar surface area (TPSA) is 62.3 Å². The minimum atomic E-state index is -0.157. The van der Waals surface area contributed by atoms with E-state index in [1.54, 1.807) is 0 Å². The maximum absolute atomic E-state index is 13.6. The zero-order valence-electron chi connectivity index (χ0n) is 19.9. The number of carbonyl (C=O) groups is 2. The molecular weight excluding hydrogens is 422 g/mol. The smallest absolute Gasteiger partial charge is 0.221 e. The molecule has 1 amide bonds. The summed E-state index contributed by atoms with van der Waals surface area (Å²) < 4.78 is 0. The minimum absolute atomic E-state index is 0.0188. The lowest BCUT2D eigenvalue weighted by Crippen LogP contribution is -2.33. The second-order valence-corrected chi connectivity index (χ2v) is 9.89. The Morgan fingerprint density at radius 1 is 1.00 bits per heavy atom. The lowest BCUT2D eigenvalue weighted by Gasteiger charge is -2.33. The quantitative estimate of drug-likeness (QED) is 0.523. The number of fused-ring (bicyclic) bond motifs is 2. The summed E-state index contributed by atoms with van der Waals surface area (Å²) in [5.41, 5.74) is 4.33. The number of nitrogens with one attached hydrogen (secondary N) is 1. The van der Waals surface area contributed by atoms with E-state index in [0.717, 1.165) is 61.9 Å². The van der Waals surface area contributed by atoms with Crippen LogP contribution in [0.2, 0.25) is 0 Å². The number of pyridine rings is 1. The van der Waals surface area contributed by atoms with Crippen molar-refractivity contribution in [3.8, 4) is 0 Å². The first-order valence-electron chi connectivity index (χ1n) is 12.6. The van der Waals surface area contributed by atoms with Gasteiger partial charge in [0.15, 0.2) is 5.78 Å². The molecule has 1 unspecified atom stereocenters. The molecule has 2 aliphatic rings. The van der Waals surface area contributed by atoms with Gasteiger partial charge in [0, 0.05) is 24.8 Å². The van der Waals surface area contributed by atoms with E-state index in [4.69, 9.17) is 4.98 Å². The average Bonchev–Trinajstić information content (AvgIpc) is 2.85. The number of hydrogen-bond acceptors (Lipinski definition) is 4. The first-order valence-corrected chi connectivity index (χ1v) is 12.6. The predicted octanol–water partition coefficient (Wildman–Crippen LogP) is 5.63. The van der Waals surface area contributed by atoms with Crippen LogP contribution in [0, 0.1) is 11.8 Å². The fourth-order valence-corrected chi connectivity index (χ4v) is 5.65. The van der Waals surface area contributed by atoms with Gasteiger partial charge in [-0.15, -0.1) is 0 Å². The minimum Gasteiger partial charge on any atom is -0.325 e. The molecule has 0 spiro atoms. The fourth-order valence-electron chi connectivity index (χ4n) is 5.65. The third-order valence-electron chi connectivity index (χ3n) is 7.49. The van der Waals surface area contributed by atoms with Crippen LogP contribution in [0.15, 0.2) is 54.6 Å². The maximum Gasteiger partial charge on any atom is 0.221 e. The van der Waals surface area contributed by atoms with E-state index in [9.17, 15) is 9.59 Å². The lowest BCUT2D eigenvalue weighted by molar-refractivity contribution is -0.114. The lowest BCUT2D eigenvalue weighted by atomic mass is 9.79. The molecule has 34 heavy (non-hydrogen) atoms. The van der Waals surface area contributed by atoms with Crippen molar-refractivity contribution in [1.82, 2.24) is 9.88 Å². The van der Waals surface area contributed by atoms with Gasteiger partial charge >= 0.3 is 0 Å². The largest absolute Gasteiger partial charge is 0.325 e. The van der Waals surface area contributed by atoms with Crippen LogP contribution in [-0.4, -0.2) is 34.7 Å². The number of Topliss-reactive ketones (excluding diaryl/α,β-unsaturated/α-hetero) is 1. The molecule has 1 aromatic heterocycles. The average molecular weight is 456 g/mol. The molecule has 1 aliphatic carbocycles. The van der Waals surface area contributed by atoms with E-state index < -0.39 is 0 Å². The Balaban J connectivity index is 1.23. The molecule has 3 aromatic rings. The van der Waals surface area contributed by atoms with Crippen LogP contribution in [0.5, 0.6) is 0 Å².